The summed E-state index contributed by atoms with van der Waals surface area (Å²) in [5, 5.41) is 0. The van der Waals surface area contributed by atoms with Crippen molar-refractivity contribution in [3.8, 4) is 0 Å². The number of hydrogen-bond acceptors (Lipinski definition) is 4. The highest BCUT2D eigenvalue weighted by atomic mass is 35.5. The smallest absolute Gasteiger partial charge is 0.245 e. The van der Waals surface area contributed by atoms with Crippen molar-refractivity contribution in [2.45, 2.75) is 18.4 Å². The molecule has 0 saturated heterocycles. The fraction of sp³-hybridized carbons (Fsp3) is 0.231. The van der Waals surface area contributed by atoms with Crippen LogP contribution in [0, 0.1) is 6.92 Å². The van der Waals surface area contributed by atoms with Gasteiger partial charge in [0.25, 0.3) is 0 Å². The van der Waals surface area contributed by atoms with Crippen molar-refractivity contribution in [1.29, 1.82) is 0 Å². The molecule has 2 N–H and O–H groups in total. The van der Waals surface area contributed by atoms with E-state index in [1.807, 2.05) is 13.0 Å². The third-order valence-electron chi connectivity index (χ3n) is 2.86. The molecule has 4 nitrogen and oxygen atoms in total. The summed E-state index contributed by atoms with van der Waals surface area (Å²) in [4.78, 5) is 1.01. The highest BCUT2D eigenvalue weighted by Gasteiger charge is 2.23. The van der Waals surface area contributed by atoms with E-state index in [0.717, 1.165) is 10.4 Å². The predicted octanol–water partition coefficient (Wildman–Crippen LogP) is 3.11. The van der Waals surface area contributed by atoms with E-state index in [-0.39, 0.29) is 17.1 Å². The van der Waals surface area contributed by atoms with Crippen molar-refractivity contribution in [2.24, 2.45) is 0 Å². The molecule has 1 aromatic carbocycles. The Morgan fingerprint density at radius 2 is 2.00 bits per heavy atom. The summed E-state index contributed by atoms with van der Waals surface area (Å²) in [6.07, 6.45) is 0. The Kier molecular flexibility index (Phi) is 4.39. The fourth-order valence-corrected chi connectivity index (χ4v) is 4.28. The van der Waals surface area contributed by atoms with Gasteiger partial charge in [0.05, 0.1) is 10.0 Å². The second kappa shape index (κ2) is 5.73. The molecule has 0 aliphatic rings. The zero-order chi connectivity index (χ0) is 14.9. The van der Waals surface area contributed by atoms with Crippen LogP contribution in [0.2, 0.25) is 4.34 Å². The summed E-state index contributed by atoms with van der Waals surface area (Å²) < 4.78 is 26.9. The Morgan fingerprint density at radius 3 is 2.55 bits per heavy atom. The number of sulfonamides is 1. The lowest BCUT2D eigenvalue weighted by Gasteiger charge is -2.17. The molecule has 0 saturated carbocycles. The first-order chi connectivity index (χ1) is 9.30. The number of halogens is 1. The Balaban J connectivity index is 2.29. The van der Waals surface area contributed by atoms with E-state index in [1.54, 1.807) is 18.2 Å². The van der Waals surface area contributed by atoms with Crippen molar-refractivity contribution in [3.05, 3.63) is 45.1 Å². The molecule has 2 aromatic rings. The minimum Gasteiger partial charge on any atom is -0.398 e. The van der Waals surface area contributed by atoms with Gasteiger partial charge in [-0.15, -0.1) is 11.3 Å². The lowest BCUT2D eigenvalue weighted by Crippen LogP contribution is -2.26. The molecule has 0 fully saturated rings. The average Bonchev–Trinajstić information content (AvgIpc) is 2.74. The number of thiophene rings is 1. The number of nitrogen functional groups attached to an aromatic ring is 1. The highest BCUT2D eigenvalue weighted by Crippen LogP contribution is 2.27. The van der Waals surface area contributed by atoms with Crippen molar-refractivity contribution in [2.75, 3.05) is 12.8 Å². The lowest BCUT2D eigenvalue weighted by atomic mass is 10.2. The standard InChI is InChI=1S/C13H15ClN2O2S2/c1-9-3-5-12(11(15)7-9)20(17,18)16(2)8-10-4-6-13(14)19-10/h3-7H,8,15H2,1-2H3. The number of aryl methyl sites for hydroxylation is 1. The van der Waals surface area contributed by atoms with Crippen molar-refractivity contribution >= 4 is 38.6 Å². The molecule has 0 amide bonds. The summed E-state index contributed by atoms with van der Waals surface area (Å²) in [6, 6.07) is 8.50. The first-order valence-corrected chi connectivity index (χ1v) is 8.51. The van der Waals surface area contributed by atoms with E-state index in [1.165, 1.54) is 28.8 Å². The van der Waals surface area contributed by atoms with Gasteiger partial charge in [0.2, 0.25) is 10.0 Å². The van der Waals surface area contributed by atoms with E-state index in [9.17, 15) is 8.42 Å². The molecule has 7 heteroatoms. The Morgan fingerprint density at radius 1 is 1.30 bits per heavy atom. The molecule has 2 rings (SSSR count). The van der Waals surface area contributed by atoms with Crippen LogP contribution in [-0.4, -0.2) is 19.8 Å². The number of nitrogens with zero attached hydrogens (tertiary/aromatic N) is 1. The van der Waals surface area contributed by atoms with Crippen molar-refractivity contribution in [1.82, 2.24) is 4.31 Å². The van der Waals surface area contributed by atoms with Crippen LogP contribution in [-0.2, 0) is 16.6 Å². The van der Waals surface area contributed by atoms with Gasteiger partial charge in [-0.25, -0.2) is 8.42 Å². The Bertz CT molecular complexity index is 726. The van der Waals surface area contributed by atoms with Crippen LogP contribution in [0.5, 0.6) is 0 Å². The number of anilines is 1. The second-order valence-electron chi connectivity index (χ2n) is 4.51. The SMILES string of the molecule is Cc1ccc(S(=O)(=O)N(C)Cc2ccc(Cl)s2)c(N)c1. The van der Waals surface area contributed by atoms with Crippen LogP contribution in [0.25, 0.3) is 0 Å². The van der Waals surface area contributed by atoms with Crippen molar-refractivity contribution in [3.63, 3.8) is 0 Å². The van der Waals surface area contributed by atoms with Gasteiger partial charge >= 0.3 is 0 Å². The second-order valence-corrected chi connectivity index (χ2v) is 8.32. The van der Waals surface area contributed by atoms with Gasteiger partial charge in [0, 0.05) is 18.5 Å². The highest BCUT2D eigenvalue weighted by molar-refractivity contribution is 7.89. The molecule has 1 aromatic heterocycles. The molecule has 20 heavy (non-hydrogen) atoms. The summed E-state index contributed by atoms with van der Waals surface area (Å²) >= 11 is 7.21. The van der Waals surface area contributed by atoms with Gasteiger partial charge in [-0.1, -0.05) is 17.7 Å². The summed E-state index contributed by atoms with van der Waals surface area (Å²) in [5.74, 6) is 0. The van der Waals surface area contributed by atoms with Crippen LogP contribution in [0.15, 0.2) is 35.2 Å². The van der Waals surface area contributed by atoms with Crippen LogP contribution in [0.1, 0.15) is 10.4 Å². The van der Waals surface area contributed by atoms with E-state index in [0.29, 0.717) is 4.34 Å². The minimum absolute atomic E-state index is 0.133. The van der Waals surface area contributed by atoms with Gasteiger partial charge in [-0.05, 0) is 36.8 Å². The summed E-state index contributed by atoms with van der Waals surface area (Å²) in [6.45, 7) is 2.14. The first kappa shape index (κ1) is 15.3. The Labute approximate surface area is 127 Å². The molecular weight excluding hydrogens is 316 g/mol. The summed E-state index contributed by atoms with van der Waals surface area (Å²) in [5.41, 5.74) is 7.01. The fourth-order valence-electron chi connectivity index (χ4n) is 1.81. The van der Waals surface area contributed by atoms with E-state index in [4.69, 9.17) is 17.3 Å². The van der Waals surface area contributed by atoms with Crippen molar-refractivity contribution < 1.29 is 8.42 Å². The van der Waals surface area contributed by atoms with Crippen LogP contribution < -0.4 is 5.73 Å². The van der Waals surface area contributed by atoms with E-state index >= 15 is 0 Å². The van der Waals surface area contributed by atoms with Gasteiger partial charge in [0.15, 0.2) is 0 Å². The lowest BCUT2D eigenvalue weighted by molar-refractivity contribution is 0.470. The van der Waals surface area contributed by atoms with E-state index in [2.05, 4.69) is 0 Å². The van der Waals surface area contributed by atoms with Crippen LogP contribution >= 0.6 is 22.9 Å². The topological polar surface area (TPSA) is 63.4 Å². The number of rotatable bonds is 4. The molecular formula is C13H15ClN2O2S2. The Hall–Kier alpha value is -1.08. The average molecular weight is 331 g/mol. The number of nitrogens with two attached hydrogens (primary N) is 1. The van der Waals surface area contributed by atoms with E-state index < -0.39 is 10.0 Å². The predicted molar refractivity (Wildman–Crippen MR) is 83.6 cm³/mol. The molecule has 0 bridgehead atoms. The van der Waals surface area contributed by atoms with Gasteiger partial charge in [-0.2, -0.15) is 4.31 Å². The quantitative estimate of drug-likeness (QED) is 0.876. The van der Waals surface area contributed by atoms with Crippen LogP contribution in [0.4, 0.5) is 5.69 Å². The third kappa shape index (κ3) is 3.15. The first-order valence-electron chi connectivity index (χ1n) is 5.87. The summed E-state index contributed by atoms with van der Waals surface area (Å²) in [7, 11) is -2.07. The molecule has 108 valence electrons. The zero-order valence-corrected chi connectivity index (χ0v) is 13.5. The minimum atomic E-state index is -3.60. The monoisotopic (exact) mass is 330 g/mol. The molecule has 1 heterocycles. The molecule has 0 aliphatic heterocycles. The zero-order valence-electron chi connectivity index (χ0n) is 11.1. The maximum atomic E-state index is 12.5. The molecule has 0 radical (unpaired) electrons. The maximum Gasteiger partial charge on any atom is 0.245 e. The third-order valence-corrected chi connectivity index (χ3v) is 5.95. The van der Waals surface area contributed by atoms with Gasteiger partial charge in [0.1, 0.15) is 4.90 Å². The maximum absolute atomic E-state index is 12.5. The van der Waals surface area contributed by atoms with Gasteiger partial charge in [-0.3, -0.25) is 0 Å². The molecule has 0 aliphatic carbocycles. The molecule has 0 spiro atoms. The normalized spacial score (nSPS) is 12.0. The largest absolute Gasteiger partial charge is 0.398 e. The van der Waals surface area contributed by atoms with Gasteiger partial charge < -0.3 is 5.73 Å². The molecule has 0 atom stereocenters. The van der Waals surface area contributed by atoms with Crippen LogP contribution in [0.3, 0.4) is 0 Å². The molecule has 0 unspecified atom stereocenters. The number of benzene rings is 1. The number of hydrogen-bond donors (Lipinski definition) is 1.